The van der Waals surface area contributed by atoms with Gasteiger partial charge in [-0.3, -0.25) is 0 Å². The van der Waals surface area contributed by atoms with Crippen molar-refractivity contribution in [2.75, 3.05) is 13.2 Å². The van der Waals surface area contributed by atoms with Crippen molar-refractivity contribution >= 4 is 0 Å². The zero-order valence-electron chi connectivity index (χ0n) is 10.4. The first-order chi connectivity index (χ1) is 7.22. The highest BCUT2D eigenvalue weighted by atomic mass is 16.2. The summed E-state index contributed by atoms with van der Waals surface area (Å²) in [5.41, 5.74) is 0.627. The Balaban J connectivity index is 2.16. The summed E-state index contributed by atoms with van der Waals surface area (Å²) in [7, 11) is 0. The second kappa shape index (κ2) is 6.49. The SMILES string of the molecule is CCCC1(CNC(C)CCCO)CCC1. The van der Waals surface area contributed by atoms with E-state index in [1.165, 1.54) is 38.6 Å². The van der Waals surface area contributed by atoms with Crippen molar-refractivity contribution in [3.8, 4) is 0 Å². The Bertz CT molecular complexity index is 166. The normalized spacial score (nSPS) is 21.0. The lowest BCUT2D eigenvalue weighted by Crippen LogP contribution is -2.42. The van der Waals surface area contributed by atoms with Gasteiger partial charge in [0.05, 0.1) is 0 Å². The van der Waals surface area contributed by atoms with E-state index in [2.05, 4.69) is 19.2 Å². The van der Waals surface area contributed by atoms with Crippen molar-refractivity contribution in [1.82, 2.24) is 5.32 Å². The van der Waals surface area contributed by atoms with E-state index in [0.717, 1.165) is 12.8 Å². The highest BCUT2D eigenvalue weighted by Crippen LogP contribution is 2.44. The van der Waals surface area contributed by atoms with Gasteiger partial charge in [0, 0.05) is 19.2 Å². The highest BCUT2D eigenvalue weighted by Gasteiger charge is 2.35. The minimum Gasteiger partial charge on any atom is -0.396 e. The summed E-state index contributed by atoms with van der Waals surface area (Å²) in [6.07, 6.45) is 8.97. The minimum atomic E-state index is 0.326. The monoisotopic (exact) mass is 213 g/mol. The van der Waals surface area contributed by atoms with Crippen molar-refractivity contribution in [2.45, 2.75) is 64.8 Å². The summed E-state index contributed by atoms with van der Waals surface area (Å²) in [5.74, 6) is 0. The Morgan fingerprint density at radius 3 is 2.60 bits per heavy atom. The Hall–Kier alpha value is -0.0800. The summed E-state index contributed by atoms with van der Waals surface area (Å²) < 4.78 is 0. The van der Waals surface area contributed by atoms with Gasteiger partial charge in [0.1, 0.15) is 0 Å². The first-order valence-electron chi connectivity index (χ1n) is 6.57. The molecule has 0 aromatic carbocycles. The van der Waals surface area contributed by atoms with Crippen molar-refractivity contribution in [3.05, 3.63) is 0 Å². The lowest BCUT2D eigenvalue weighted by molar-refractivity contribution is 0.110. The second-order valence-corrected chi connectivity index (χ2v) is 5.25. The van der Waals surface area contributed by atoms with E-state index in [1.54, 1.807) is 0 Å². The standard InChI is InChI=1S/C13H27NO/c1-3-7-13(8-5-9-13)11-14-12(2)6-4-10-15/h12,14-15H,3-11H2,1-2H3. The first-order valence-corrected chi connectivity index (χ1v) is 6.57. The molecule has 0 aromatic rings. The van der Waals surface area contributed by atoms with Crippen LogP contribution in [0.2, 0.25) is 0 Å². The van der Waals surface area contributed by atoms with Crippen molar-refractivity contribution in [3.63, 3.8) is 0 Å². The lowest BCUT2D eigenvalue weighted by Gasteiger charge is -2.43. The largest absolute Gasteiger partial charge is 0.396 e. The van der Waals surface area contributed by atoms with Gasteiger partial charge in [0.25, 0.3) is 0 Å². The van der Waals surface area contributed by atoms with Crippen LogP contribution in [0.4, 0.5) is 0 Å². The number of rotatable bonds is 8. The quantitative estimate of drug-likeness (QED) is 0.650. The van der Waals surface area contributed by atoms with E-state index in [9.17, 15) is 0 Å². The smallest absolute Gasteiger partial charge is 0.0431 e. The third-order valence-corrected chi connectivity index (χ3v) is 3.82. The van der Waals surface area contributed by atoms with Gasteiger partial charge in [-0.25, -0.2) is 0 Å². The Labute approximate surface area is 94.5 Å². The maximum Gasteiger partial charge on any atom is 0.0431 e. The molecular formula is C13H27NO. The molecule has 0 aromatic heterocycles. The predicted molar refractivity (Wildman–Crippen MR) is 65.0 cm³/mol. The van der Waals surface area contributed by atoms with Crippen molar-refractivity contribution in [2.24, 2.45) is 5.41 Å². The van der Waals surface area contributed by atoms with Crippen LogP contribution in [0.15, 0.2) is 0 Å². The number of aliphatic hydroxyl groups is 1. The van der Waals surface area contributed by atoms with Crippen LogP contribution < -0.4 is 5.32 Å². The average molecular weight is 213 g/mol. The van der Waals surface area contributed by atoms with Gasteiger partial charge in [-0.2, -0.15) is 0 Å². The van der Waals surface area contributed by atoms with Crippen LogP contribution in [0.25, 0.3) is 0 Å². The molecule has 2 heteroatoms. The zero-order valence-corrected chi connectivity index (χ0v) is 10.4. The molecule has 2 N–H and O–H groups in total. The van der Waals surface area contributed by atoms with Crippen LogP contribution in [0.1, 0.15) is 58.8 Å². The maximum atomic E-state index is 8.76. The van der Waals surface area contributed by atoms with Gasteiger partial charge in [0.15, 0.2) is 0 Å². The van der Waals surface area contributed by atoms with Crippen molar-refractivity contribution < 1.29 is 5.11 Å². The summed E-state index contributed by atoms with van der Waals surface area (Å²) in [5, 5.41) is 12.4. The molecule has 15 heavy (non-hydrogen) atoms. The third kappa shape index (κ3) is 4.12. The Morgan fingerprint density at radius 2 is 2.13 bits per heavy atom. The average Bonchev–Trinajstić information content (AvgIpc) is 2.18. The van der Waals surface area contributed by atoms with Gasteiger partial charge in [-0.15, -0.1) is 0 Å². The van der Waals surface area contributed by atoms with Gasteiger partial charge >= 0.3 is 0 Å². The molecular weight excluding hydrogens is 186 g/mol. The van der Waals surface area contributed by atoms with Crippen LogP contribution >= 0.6 is 0 Å². The number of nitrogens with one attached hydrogen (secondary N) is 1. The molecule has 0 heterocycles. The van der Waals surface area contributed by atoms with E-state index in [4.69, 9.17) is 5.11 Å². The van der Waals surface area contributed by atoms with E-state index in [1.807, 2.05) is 0 Å². The first kappa shape index (κ1) is 13.0. The predicted octanol–water partition coefficient (Wildman–Crippen LogP) is 2.71. The van der Waals surface area contributed by atoms with Crippen LogP contribution in [0.5, 0.6) is 0 Å². The molecule has 2 nitrogen and oxygen atoms in total. The second-order valence-electron chi connectivity index (χ2n) is 5.25. The molecule has 1 aliphatic rings. The van der Waals surface area contributed by atoms with Crippen LogP contribution in [0, 0.1) is 5.41 Å². The molecule has 1 saturated carbocycles. The zero-order chi connectivity index (χ0) is 11.1. The van der Waals surface area contributed by atoms with Crippen molar-refractivity contribution in [1.29, 1.82) is 0 Å². The summed E-state index contributed by atoms with van der Waals surface area (Å²) in [6, 6.07) is 0.562. The fourth-order valence-corrected chi connectivity index (χ4v) is 2.61. The molecule has 1 fully saturated rings. The fraction of sp³-hybridized carbons (Fsp3) is 1.00. The molecule has 90 valence electrons. The minimum absolute atomic E-state index is 0.326. The van der Waals surface area contributed by atoms with E-state index >= 15 is 0 Å². The number of hydrogen-bond donors (Lipinski definition) is 2. The van der Waals surface area contributed by atoms with Gasteiger partial charge in [-0.1, -0.05) is 19.8 Å². The maximum absolute atomic E-state index is 8.76. The Kier molecular flexibility index (Phi) is 5.62. The van der Waals surface area contributed by atoms with Gasteiger partial charge in [0.2, 0.25) is 0 Å². The Morgan fingerprint density at radius 1 is 1.40 bits per heavy atom. The molecule has 1 unspecified atom stereocenters. The van der Waals surface area contributed by atoms with E-state index in [0.29, 0.717) is 18.1 Å². The van der Waals surface area contributed by atoms with Gasteiger partial charge in [-0.05, 0) is 44.4 Å². The summed E-state index contributed by atoms with van der Waals surface area (Å²) >= 11 is 0. The van der Waals surface area contributed by atoms with Crippen LogP contribution in [-0.2, 0) is 0 Å². The molecule has 0 radical (unpaired) electrons. The number of hydrogen-bond acceptors (Lipinski definition) is 2. The number of aliphatic hydroxyl groups excluding tert-OH is 1. The van der Waals surface area contributed by atoms with Crippen LogP contribution in [-0.4, -0.2) is 24.3 Å². The molecule has 0 saturated heterocycles. The molecule has 0 aliphatic heterocycles. The lowest BCUT2D eigenvalue weighted by atomic mass is 9.66. The molecule has 0 spiro atoms. The molecule has 1 atom stereocenters. The third-order valence-electron chi connectivity index (χ3n) is 3.82. The molecule has 1 rings (SSSR count). The fourth-order valence-electron chi connectivity index (χ4n) is 2.61. The van der Waals surface area contributed by atoms with Crippen LogP contribution in [0.3, 0.4) is 0 Å². The van der Waals surface area contributed by atoms with E-state index in [-0.39, 0.29) is 0 Å². The summed E-state index contributed by atoms with van der Waals surface area (Å²) in [4.78, 5) is 0. The topological polar surface area (TPSA) is 32.3 Å². The summed E-state index contributed by atoms with van der Waals surface area (Å²) in [6.45, 7) is 6.03. The van der Waals surface area contributed by atoms with Gasteiger partial charge < -0.3 is 10.4 Å². The van der Waals surface area contributed by atoms with E-state index < -0.39 is 0 Å². The molecule has 0 amide bonds. The molecule has 1 aliphatic carbocycles. The molecule has 0 bridgehead atoms. The highest BCUT2D eigenvalue weighted by molar-refractivity contribution is 4.89.